The Morgan fingerprint density at radius 1 is 1.32 bits per heavy atom. The normalized spacial score (nSPS) is 10.3. The smallest absolute Gasteiger partial charge is 0.139 e. The molecule has 2 rings (SSSR count). The fourth-order valence-electron chi connectivity index (χ4n) is 1.59. The van der Waals surface area contributed by atoms with Crippen LogP contribution < -0.4 is 10.1 Å². The third-order valence-electron chi connectivity index (χ3n) is 2.47. The van der Waals surface area contributed by atoms with Crippen molar-refractivity contribution in [3.8, 4) is 5.75 Å². The maximum Gasteiger partial charge on any atom is 0.139 e. The molecule has 0 aliphatic heterocycles. The molecule has 0 atom stereocenters. The lowest BCUT2D eigenvalue weighted by molar-refractivity contribution is 0.306. The number of aromatic nitrogens is 1. The number of nitrogens with zero attached hydrogens (tertiary/aromatic N) is 1. The number of benzene rings is 1. The van der Waals surface area contributed by atoms with E-state index < -0.39 is 0 Å². The highest BCUT2D eigenvalue weighted by Gasteiger charge is 2.03. The van der Waals surface area contributed by atoms with Gasteiger partial charge in [-0.2, -0.15) is 0 Å². The van der Waals surface area contributed by atoms with Gasteiger partial charge in [0.15, 0.2) is 0 Å². The SMILES string of the molecule is CCNc1cc(COc2cc(Br)ccc2Cl)ccn1. The molecule has 0 unspecified atom stereocenters. The van der Waals surface area contributed by atoms with E-state index in [0.29, 0.717) is 17.4 Å². The maximum atomic E-state index is 6.07. The summed E-state index contributed by atoms with van der Waals surface area (Å²) >= 11 is 9.47. The number of halogens is 2. The summed E-state index contributed by atoms with van der Waals surface area (Å²) in [5, 5.41) is 3.77. The van der Waals surface area contributed by atoms with E-state index in [1.54, 1.807) is 12.3 Å². The van der Waals surface area contributed by atoms with Crippen LogP contribution in [0.5, 0.6) is 5.75 Å². The van der Waals surface area contributed by atoms with Crippen molar-refractivity contribution in [2.45, 2.75) is 13.5 Å². The van der Waals surface area contributed by atoms with Crippen LogP contribution >= 0.6 is 27.5 Å². The zero-order chi connectivity index (χ0) is 13.7. The lowest BCUT2D eigenvalue weighted by Gasteiger charge is -2.09. The number of anilines is 1. The number of nitrogens with one attached hydrogen (secondary N) is 1. The minimum absolute atomic E-state index is 0.455. The molecule has 5 heteroatoms. The molecule has 1 aromatic heterocycles. The molecule has 0 fully saturated rings. The maximum absolute atomic E-state index is 6.07. The summed E-state index contributed by atoms with van der Waals surface area (Å²) in [4.78, 5) is 4.22. The first-order valence-corrected chi connectivity index (χ1v) is 7.13. The average Bonchev–Trinajstić information content (AvgIpc) is 2.41. The molecule has 0 saturated carbocycles. The monoisotopic (exact) mass is 340 g/mol. The van der Waals surface area contributed by atoms with E-state index in [1.165, 1.54) is 0 Å². The molecular weight excluding hydrogens is 328 g/mol. The summed E-state index contributed by atoms with van der Waals surface area (Å²) < 4.78 is 6.66. The van der Waals surface area contributed by atoms with Crippen molar-refractivity contribution < 1.29 is 4.74 Å². The fourth-order valence-corrected chi connectivity index (χ4v) is 2.10. The van der Waals surface area contributed by atoms with Crippen molar-refractivity contribution in [3.63, 3.8) is 0 Å². The van der Waals surface area contributed by atoms with Gasteiger partial charge in [-0.05, 0) is 42.8 Å². The zero-order valence-electron chi connectivity index (χ0n) is 10.5. The van der Waals surface area contributed by atoms with E-state index >= 15 is 0 Å². The van der Waals surface area contributed by atoms with Gasteiger partial charge in [-0.1, -0.05) is 27.5 Å². The predicted octanol–water partition coefficient (Wildman–Crippen LogP) is 4.51. The molecule has 0 amide bonds. The molecule has 0 saturated heterocycles. The van der Waals surface area contributed by atoms with Crippen molar-refractivity contribution >= 4 is 33.3 Å². The first-order valence-electron chi connectivity index (χ1n) is 5.95. The minimum Gasteiger partial charge on any atom is -0.487 e. The van der Waals surface area contributed by atoms with Crippen LogP contribution in [0.15, 0.2) is 41.0 Å². The molecule has 19 heavy (non-hydrogen) atoms. The van der Waals surface area contributed by atoms with Crippen LogP contribution in [0.3, 0.4) is 0 Å². The van der Waals surface area contributed by atoms with E-state index in [4.69, 9.17) is 16.3 Å². The van der Waals surface area contributed by atoms with Gasteiger partial charge in [-0.25, -0.2) is 4.98 Å². The molecule has 0 radical (unpaired) electrons. The van der Waals surface area contributed by atoms with E-state index in [0.717, 1.165) is 22.4 Å². The number of rotatable bonds is 5. The Balaban J connectivity index is 2.05. The third kappa shape index (κ3) is 4.11. The van der Waals surface area contributed by atoms with E-state index in [9.17, 15) is 0 Å². The van der Waals surface area contributed by atoms with Crippen LogP contribution in [0.2, 0.25) is 5.02 Å². The van der Waals surface area contributed by atoms with Gasteiger partial charge >= 0.3 is 0 Å². The van der Waals surface area contributed by atoms with Crippen LogP contribution in [-0.2, 0) is 6.61 Å². The minimum atomic E-state index is 0.455. The van der Waals surface area contributed by atoms with Crippen LogP contribution in [0, 0.1) is 0 Å². The Morgan fingerprint density at radius 2 is 2.16 bits per heavy atom. The second kappa shape index (κ2) is 6.78. The van der Waals surface area contributed by atoms with Gasteiger partial charge in [0, 0.05) is 17.2 Å². The highest BCUT2D eigenvalue weighted by Crippen LogP contribution is 2.28. The quantitative estimate of drug-likeness (QED) is 0.869. The van der Waals surface area contributed by atoms with Gasteiger partial charge in [0.25, 0.3) is 0 Å². The molecular formula is C14H14BrClN2O. The Bertz CT molecular complexity index is 563. The Morgan fingerprint density at radius 3 is 2.95 bits per heavy atom. The van der Waals surface area contributed by atoms with Gasteiger partial charge < -0.3 is 10.1 Å². The van der Waals surface area contributed by atoms with Crippen LogP contribution in [0.4, 0.5) is 5.82 Å². The first-order chi connectivity index (χ1) is 9.19. The molecule has 1 heterocycles. The largest absolute Gasteiger partial charge is 0.487 e. The van der Waals surface area contributed by atoms with Gasteiger partial charge in [0.2, 0.25) is 0 Å². The molecule has 1 aromatic carbocycles. The zero-order valence-corrected chi connectivity index (χ0v) is 12.8. The topological polar surface area (TPSA) is 34.1 Å². The van der Waals surface area contributed by atoms with Crippen LogP contribution in [-0.4, -0.2) is 11.5 Å². The number of hydrogen-bond donors (Lipinski definition) is 1. The summed E-state index contributed by atoms with van der Waals surface area (Å²) in [5.74, 6) is 1.52. The van der Waals surface area contributed by atoms with Crippen molar-refractivity contribution in [2.75, 3.05) is 11.9 Å². The summed E-state index contributed by atoms with van der Waals surface area (Å²) in [5.41, 5.74) is 1.04. The number of pyridine rings is 1. The van der Waals surface area contributed by atoms with E-state index in [2.05, 4.69) is 26.2 Å². The summed E-state index contributed by atoms with van der Waals surface area (Å²) in [6.07, 6.45) is 1.76. The average molecular weight is 342 g/mol. The summed E-state index contributed by atoms with van der Waals surface area (Å²) in [6, 6.07) is 9.43. The number of ether oxygens (including phenoxy) is 1. The summed E-state index contributed by atoms with van der Waals surface area (Å²) in [7, 11) is 0. The second-order valence-corrected chi connectivity index (χ2v) is 5.27. The Hall–Kier alpha value is -1.26. The third-order valence-corrected chi connectivity index (χ3v) is 3.28. The molecule has 3 nitrogen and oxygen atoms in total. The molecule has 0 aliphatic rings. The first kappa shape index (κ1) is 14.2. The Kier molecular flexibility index (Phi) is 5.05. The van der Waals surface area contributed by atoms with Crippen LogP contribution in [0.25, 0.3) is 0 Å². The number of hydrogen-bond acceptors (Lipinski definition) is 3. The highest BCUT2D eigenvalue weighted by molar-refractivity contribution is 9.10. The van der Waals surface area contributed by atoms with E-state index in [-0.39, 0.29) is 0 Å². The molecule has 100 valence electrons. The standard InChI is InChI=1S/C14H14BrClN2O/c1-2-17-14-7-10(5-6-18-14)9-19-13-8-11(15)3-4-12(13)16/h3-8H,2,9H2,1H3,(H,17,18). The van der Waals surface area contributed by atoms with Crippen molar-refractivity contribution in [2.24, 2.45) is 0 Å². The Labute approximate surface area is 126 Å². The van der Waals surface area contributed by atoms with Gasteiger partial charge in [-0.3, -0.25) is 0 Å². The fraction of sp³-hybridized carbons (Fsp3) is 0.214. The van der Waals surface area contributed by atoms with Crippen molar-refractivity contribution in [1.82, 2.24) is 4.98 Å². The van der Waals surface area contributed by atoms with Crippen molar-refractivity contribution in [1.29, 1.82) is 0 Å². The highest BCUT2D eigenvalue weighted by atomic mass is 79.9. The molecule has 0 spiro atoms. The van der Waals surface area contributed by atoms with Gasteiger partial charge in [0.05, 0.1) is 5.02 Å². The summed E-state index contributed by atoms with van der Waals surface area (Å²) in [6.45, 7) is 3.33. The van der Waals surface area contributed by atoms with Gasteiger partial charge in [0.1, 0.15) is 18.2 Å². The molecule has 2 aromatic rings. The predicted molar refractivity (Wildman–Crippen MR) is 81.9 cm³/mol. The lowest BCUT2D eigenvalue weighted by Crippen LogP contribution is -2.01. The molecule has 0 aliphatic carbocycles. The molecule has 1 N–H and O–H groups in total. The molecule has 0 bridgehead atoms. The second-order valence-electron chi connectivity index (χ2n) is 3.94. The van der Waals surface area contributed by atoms with Crippen LogP contribution in [0.1, 0.15) is 12.5 Å². The van der Waals surface area contributed by atoms with Crippen molar-refractivity contribution in [3.05, 3.63) is 51.6 Å². The van der Waals surface area contributed by atoms with Gasteiger partial charge in [-0.15, -0.1) is 0 Å². The lowest BCUT2D eigenvalue weighted by atomic mass is 10.2. The van der Waals surface area contributed by atoms with E-state index in [1.807, 2.05) is 31.2 Å².